The Kier molecular flexibility index (Phi) is 4.27. The normalized spacial score (nSPS) is 15.2. The number of esters is 1. The van der Waals surface area contributed by atoms with Crippen molar-refractivity contribution < 1.29 is 9.53 Å². The summed E-state index contributed by atoms with van der Waals surface area (Å²) in [6.45, 7) is 2.16. The number of benzene rings is 1. The third kappa shape index (κ3) is 2.69. The van der Waals surface area contributed by atoms with Crippen LogP contribution < -0.4 is 5.73 Å². The number of hydrogen-bond acceptors (Lipinski definition) is 3. The topological polar surface area (TPSA) is 52.3 Å². The number of anilines is 1. The maximum absolute atomic E-state index is 11.8. The van der Waals surface area contributed by atoms with Crippen molar-refractivity contribution in [3.05, 3.63) is 27.7 Å². The van der Waals surface area contributed by atoms with E-state index in [0.717, 1.165) is 16.5 Å². The third-order valence-corrected chi connectivity index (χ3v) is 4.26. The highest BCUT2D eigenvalue weighted by Gasteiger charge is 2.22. The zero-order chi connectivity index (χ0) is 13.1. The fourth-order valence-electron chi connectivity index (χ4n) is 2.22. The molecule has 0 heterocycles. The van der Waals surface area contributed by atoms with Crippen LogP contribution in [0.1, 0.15) is 42.1 Å². The smallest absolute Gasteiger partial charge is 0.340 e. The summed E-state index contributed by atoms with van der Waals surface area (Å²) in [4.78, 5) is 11.8. The molecule has 0 bridgehead atoms. The van der Waals surface area contributed by atoms with E-state index in [-0.39, 0.29) is 5.97 Å². The fraction of sp³-hybridized carbons (Fsp3) is 0.500. The van der Waals surface area contributed by atoms with Gasteiger partial charge >= 0.3 is 5.97 Å². The van der Waals surface area contributed by atoms with E-state index < -0.39 is 0 Å². The Bertz CT molecular complexity index is 455. The molecule has 1 saturated carbocycles. The molecule has 1 fully saturated rings. The maximum Gasteiger partial charge on any atom is 0.340 e. The van der Waals surface area contributed by atoms with Crippen LogP contribution in [0.2, 0.25) is 0 Å². The third-order valence-electron chi connectivity index (χ3n) is 3.51. The van der Waals surface area contributed by atoms with Gasteiger partial charge in [-0.25, -0.2) is 4.79 Å². The van der Waals surface area contributed by atoms with Crippen molar-refractivity contribution >= 4 is 27.6 Å². The SMILES string of the molecule is CCOC(=O)c1ccc(Br)c(CC2CCC2)c1N. The second kappa shape index (κ2) is 5.74. The van der Waals surface area contributed by atoms with Crippen LogP contribution in [0.25, 0.3) is 0 Å². The maximum atomic E-state index is 11.8. The molecule has 1 aromatic carbocycles. The van der Waals surface area contributed by atoms with Gasteiger partial charge in [0.1, 0.15) is 0 Å². The van der Waals surface area contributed by atoms with Gasteiger partial charge in [0.25, 0.3) is 0 Å². The minimum atomic E-state index is -0.336. The van der Waals surface area contributed by atoms with Gasteiger partial charge in [-0.2, -0.15) is 0 Å². The van der Waals surface area contributed by atoms with Crippen LogP contribution in [0.15, 0.2) is 16.6 Å². The summed E-state index contributed by atoms with van der Waals surface area (Å²) in [7, 11) is 0. The number of carbonyl (C=O) groups is 1. The summed E-state index contributed by atoms with van der Waals surface area (Å²) >= 11 is 3.52. The number of halogens is 1. The first-order valence-electron chi connectivity index (χ1n) is 6.37. The summed E-state index contributed by atoms with van der Waals surface area (Å²) in [6.07, 6.45) is 4.77. The molecule has 0 unspecified atom stereocenters. The van der Waals surface area contributed by atoms with Gasteiger partial charge in [0, 0.05) is 4.47 Å². The Morgan fingerprint density at radius 1 is 1.50 bits per heavy atom. The predicted molar refractivity (Wildman–Crippen MR) is 75.6 cm³/mol. The standard InChI is InChI=1S/C14H18BrNO2/c1-2-18-14(17)10-6-7-12(15)11(13(10)16)8-9-4-3-5-9/h6-7,9H,2-5,8,16H2,1H3. The van der Waals surface area contributed by atoms with E-state index >= 15 is 0 Å². The Morgan fingerprint density at radius 3 is 2.78 bits per heavy atom. The summed E-state index contributed by atoms with van der Waals surface area (Å²) in [5.74, 6) is 0.374. The predicted octanol–water partition coefficient (Wildman–Crippen LogP) is 3.55. The van der Waals surface area contributed by atoms with Crippen LogP contribution in [-0.2, 0) is 11.2 Å². The summed E-state index contributed by atoms with van der Waals surface area (Å²) in [5, 5.41) is 0. The minimum Gasteiger partial charge on any atom is -0.462 e. The van der Waals surface area contributed by atoms with Crippen LogP contribution in [0, 0.1) is 5.92 Å². The van der Waals surface area contributed by atoms with Gasteiger partial charge in [-0.1, -0.05) is 35.2 Å². The number of carbonyl (C=O) groups excluding carboxylic acids is 1. The van der Waals surface area contributed by atoms with Crippen molar-refractivity contribution in [3.63, 3.8) is 0 Å². The molecule has 1 aliphatic rings. The fourth-order valence-corrected chi connectivity index (χ4v) is 2.73. The van der Waals surface area contributed by atoms with Crippen LogP contribution in [-0.4, -0.2) is 12.6 Å². The van der Waals surface area contributed by atoms with E-state index in [1.54, 1.807) is 13.0 Å². The number of rotatable bonds is 4. The van der Waals surface area contributed by atoms with Gasteiger partial charge in [-0.3, -0.25) is 0 Å². The monoisotopic (exact) mass is 311 g/mol. The van der Waals surface area contributed by atoms with Gasteiger partial charge in [-0.05, 0) is 37.0 Å². The van der Waals surface area contributed by atoms with Gasteiger partial charge in [0.05, 0.1) is 17.9 Å². The van der Waals surface area contributed by atoms with Crippen LogP contribution >= 0.6 is 15.9 Å². The molecule has 18 heavy (non-hydrogen) atoms. The number of nitrogen functional groups attached to an aromatic ring is 1. The highest BCUT2D eigenvalue weighted by atomic mass is 79.9. The number of ether oxygens (including phenoxy) is 1. The first-order valence-corrected chi connectivity index (χ1v) is 7.16. The molecule has 3 nitrogen and oxygen atoms in total. The summed E-state index contributed by atoms with van der Waals surface area (Å²) in [5.41, 5.74) is 8.20. The van der Waals surface area contributed by atoms with Crippen molar-refractivity contribution in [1.82, 2.24) is 0 Å². The first kappa shape index (κ1) is 13.4. The van der Waals surface area contributed by atoms with Crippen molar-refractivity contribution in [1.29, 1.82) is 0 Å². The lowest BCUT2D eigenvalue weighted by molar-refractivity contribution is 0.0527. The Hall–Kier alpha value is -1.03. The van der Waals surface area contributed by atoms with Crippen molar-refractivity contribution in [2.24, 2.45) is 5.92 Å². The van der Waals surface area contributed by atoms with Gasteiger partial charge in [-0.15, -0.1) is 0 Å². The second-order valence-corrected chi connectivity index (χ2v) is 5.56. The molecule has 0 aromatic heterocycles. The van der Waals surface area contributed by atoms with Crippen LogP contribution in [0.3, 0.4) is 0 Å². The Balaban J connectivity index is 2.26. The van der Waals surface area contributed by atoms with Crippen molar-refractivity contribution in [2.45, 2.75) is 32.6 Å². The summed E-state index contributed by atoms with van der Waals surface area (Å²) in [6, 6.07) is 3.61. The molecule has 0 spiro atoms. The molecule has 98 valence electrons. The molecule has 1 aliphatic carbocycles. The van der Waals surface area contributed by atoms with E-state index in [2.05, 4.69) is 15.9 Å². The average Bonchev–Trinajstić information content (AvgIpc) is 2.26. The van der Waals surface area contributed by atoms with E-state index in [1.807, 2.05) is 6.07 Å². The average molecular weight is 312 g/mol. The minimum absolute atomic E-state index is 0.336. The molecule has 0 atom stereocenters. The number of hydrogen-bond donors (Lipinski definition) is 1. The molecule has 0 saturated heterocycles. The quantitative estimate of drug-likeness (QED) is 0.683. The van der Waals surface area contributed by atoms with E-state index in [0.29, 0.717) is 23.8 Å². The largest absolute Gasteiger partial charge is 0.462 e. The highest BCUT2D eigenvalue weighted by Crippen LogP contribution is 2.35. The zero-order valence-corrected chi connectivity index (χ0v) is 12.1. The van der Waals surface area contributed by atoms with Gasteiger partial charge in [0.2, 0.25) is 0 Å². The highest BCUT2D eigenvalue weighted by molar-refractivity contribution is 9.10. The van der Waals surface area contributed by atoms with Crippen LogP contribution in [0.5, 0.6) is 0 Å². The van der Waals surface area contributed by atoms with Crippen molar-refractivity contribution in [3.8, 4) is 0 Å². The van der Waals surface area contributed by atoms with Crippen LogP contribution in [0.4, 0.5) is 5.69 Å². The van der Waals surface area contributed by atoms with Gasteiger partial charge < -0.3 is 10.5 Å². The Morgan fingerprint density at radius 2 is 2.22 bits per heavy atom. The Labute approximate surface area is 116 Å². The summed E-state index contributed by atoms with van der Waals surface area (Å²) < 4.78 is 6.00. The van der Waals surface area contributed by atoms with E-state index in [4.69, 9.17) is 10.5 Å². The first-order chi connectivity index (χ1) is 8.63. The molecule has 0 amide bonds. The lowest BCUT2D eigenvalue weighted by Crippen LogP contribution is -2.17. The van der Waals surface area contributed by atoms with E-state index in [9.17, 15) is 4.79 Å². The molecule has 0 radical (unpaired) electrons. The molecule has 2 rings (SSSR count). The lowest BCUT2D eigenvalue weighted by atomic mass is 9.80. The van der Waals surface area contributed by atoms with Crippen molar-refractivity contribution in [2.75, 3.05) is 12.3 Å². The molecular weight excluding hydrogens is 294 g/mol. The molecule has 0 aliphatic heterocycles. The lowest BCUT2D eigenvalue weighted by Gasteiger charge is -2.26. The molecule has 4 heteroatoms. The van der Waals surface area contributed by atoms with E-state index in [1.165, 1.54) is 19.3 Å². The zero-order valence-electron chi connectivity index (χ0n) is 10.5. The second-order valence-electron chi connectivity index (χ2n) is 4.71. The molecule has 1 aromatic rings. The number of nitrogens with two attached hydrogens (primary N) is 1. The molecule has 2 N–H and O–H groups in total. The molecular formula is C14H18BrNO2. The van der Waals surface area contributed by atoms with Gasteiger partial charge in [0.15, 0.2) is 0 Å².